The molecule has 2 fully saturated rings. The summed E-state index contributed by atoms with van der Waals surface area (Å²) in [6, 6.07) is 10.7. The van der Waals surface area contributed by atoms with E-state index in [4.69, 9.17) is 5.73 Å². The van der Waals surface area contributed by atoms with E-state index in [1.54, 1.807) is 0 Å². The van der Waals surface area contributed by atoms with Gasteiger partial charge in [0.05, 0.1) is 0 Å². The average molecular weight is 201 g/mol. The summed E-state index contributed by atoms with van der Waals surface area (Å²) in [5, 5.41) is 0. The molecule has 0 aliphatic heterocycles. The minimum Gasteiger partial charge on any atom is -0.321 e. The Labute approximate surface area is 91.7 Å². The summed E-state index contributed by atoms with van der Waals surface area (Å²) in [6.07, 6.45) is 8.07. The van der Waals surface area contributed by atoms with Crippen molar-refractivity contribution in [1.82, 2.24) is 0 Å². The van der Waals surface area contributed by atoms with Gasteiger partial charge in [0.2, 0.25) is 0 Å². The minimum absolute atomic E-state index is 0.00861. The molecular weight excluding hydrogens is 182 g/mol. The second-order valence-electron chi connectivity index (χ2n) is 5.36. The topological polar surface area (TPSA) is 26.0 Å². The third kappa shape index (κ3) is 1.26. The fourth-order valence-corrected chi connectivity index (χ4v) is 3.48. The summed E-state index contributed by atoms with van der Waals surface area (Å²) in [5.41, 5.74) is 8.40. The maximum atomic E-state index is 6.58. The van der Waals surface area contributed by atoms with E-state index in [1.165, 1.54) is 44.1 Å². The van der Waals surface area contributed by atoms with E-state index in [0.29, 0.717) is 5.41 Å². The van der Waals surface area contributed by atoms with Gasteiger partial charge in [0.1, 0.15) is 0 Å². The van der Waals surface area contributed by atoms with E-state index < -0.39 is 0 Å². The number of hydrogen-bond donors (Lipinski definition) is 1. The number of benzene rings is 1. The first-order valence-corrected chi connectivity index (χ1v) is 6.11. The lowest BCUT2D eigenvalue weighted by atomic mass is 9.81. The summed E-state index contributed by atoms with van der Waals surface area (Å²) < 4.78 is 0. The van der Waals surface area contributed by atoms with Crippen molar-refractivity contribution >= 4 is 0 Å². The van der Waals surface area contributed by atoms with E-state index in [0.717, 1.165) is 0 Å². The molecule has 1 atom stereocenters. The quantitative estimate of drug-likeness (QED) is 0.742. The Balaban J connectivity index is 1.89. The van der Waals surface area contributed by atoms with Gasteiger partial charge in [0.15, 0.2) is 0 Å². The zero-order valence-corrected chi connectivity index (χ0v) is 9.21. The van der Waals surface area contributed by atoms with E-state index in [-0.39, 0.29) is 5.54 Å². The van der Waals surface area contributed by atoms with Crippen molar-refractivity contribution in [2.45, 2.75) is 44.1 Å². The molecule has 0 aromatic heterocycles. The van der Waals surface area contributed by atoms with Gasteiger partial charge in [-0.2, -0.15) is 0 Å². The van der Waals surface area contributed by atoms with Crippen molar-refractivity contribution in [2.75, 3.05) is 0 Å². The molecule has 2 N–H and O–H groups in total. The van der Waals surface area contributed by atoms with Crippen LogP contribution in [0, 0.1) is 5.41 Å². The Morgan fingerprint density at radius 1 is 0.933 bits per heavy atom. The average Bonchev–Trinajstić information content (AvgIpc) is 2.87. The highest BCUT2D eigenvalue weighted by Crippen LogP contribution is 2.67. The molecule has 2 aliphatic carbocycles. The lowest BCUT2D eigenvalue weighted by Gasteiger charge is -2.27. The van der Waals surface area contributed by atoms with Crippen LogP contribution in [0.25, 0.3) is 0 Å². The van der Waals surface area contributed by atoms with Gasteiger partial charge in [0.25, 0.3) is 0 Å². The van der Waals surface area contributed by atoms with Crippen LogP contribution in [-0.2, 0) is 5.54 Å². The van der Waals surface area contributed by atoms with Gasteiger partial charge in [-0.05, 0) is 30.2 Å². The lowest BCUT2D eigenvalue weighted by Crippen LogP contribution is -2.29. The van der Waals surface area contributed by atoms with Gasteiger partial charge in [-0.15, -0.1) is 0 Å². The summed E-state index contributed by atoms with van der Waals surface area (Å²) in [7, 11) is 0. The molecule has 0 bridgehead atoms. The molecule has 2 aliphatic rings. The maximum Gasteiger partial charge on any atom is 0.0473 e. The molecule has 0 heterocycles. The second kappa shape index (κ2) is 3.08. The van der Waals surface area contributed by atoms with Gasteiger partial charge in [0, 0.05) is 5.54 Å². The molecule has 1 nitrogen and oxygen atoms in total. The second-order valence-corrected chi connectivity index (χ2v) is 5.36. The molecule has 1 heteroatoms. The van der Waals surface area contributed by atoms with E-state index in [9.17, 15) is 0 Å². The molecule has 15 heavy (non-hydrogen) atoms. The van der Waals surface area contributed by atoms with Gasteiger partial charge in [-0.25, -0.2) is 0 Å². The van der Waals surface area contributed by atoms with Crippen LogP contribution >= 0.6 is 0 Å². The molecule has 80 valence electrons. The molecule has 2 saturated carbocycles. The maximum absolute atomic E-state index is 6.58. The Kier molecular flexibility index (Phi) is 1.93. The van der Waals surface area contributed by atoms with Gasteiger partial charge in [-0.3, -0.25) is 0 Å². The standard InChI is InChI=1S/C14H19N/c15-14(12-7-3-1-4-8-12)11-13(14)9-5-2-6-10-13/h1,3-4,7-8H,2,5-6,9-11,15H2. The first-order chi connectivity index (χ1) is 7.27. The molecule has 1 unspecified atom stereocenters. The summed E-state index contributed by atoms with van der Waals surface area (Å²) >= 11 is 0. The predicted octanol–water partition coefficient (Wildman–Crippen LogP) is 3.19. The molecule has 0 amide bonds. The molecule has 1 aromatic carbocycles. The highest BCUT2D eigenvalue weighted by atomic mass is 14.9. The fourth-order valence-electron chi connectivity index (χ4n) is 3.48. The zero-order chi connectivity index (χ0) is 10.4. The Morgan fingerprint density at radius 2 is 1.60 bits per heavy atom. The Morgan fingerprint density at radius 3 is 2.27 bits per heavy atom. The lowest BCUT2D eigenvalue weighted by molar-refractivity contribution is 0.291. The monoisotopic (exact) mass is 201 g/mol. The van der Waals surface area contributed by atoms with Crippen molar-refractivity contribution in [3.05, 3.63) is 35.9 Å². The predicted molar refractivity (Wildman–Crippen MR) is 62.4 cm³/mol. The first-order valence-electron chi connectivity index (χ1n) is 6.11. The summed E-state index contributed by atoms with van der Waals surface area (Å²) in [5.74, 6) is 0. The van der Waals surface area contributed by atoms with Crippen molar-refractivity contribution in [3.63, 3.8) is 0 Å². The smallest absolute Gasteiger partial charge is 0.0473 e. The highest BCUT2D eigenvalue weighted by molar-refractivity contribution is 5.36. The third-order valence-corrected chi connectivity index (χ3v) is 4.54. The van der Waals surface area contributed by atoms with Gasteiger partial charge >= 0.3 is 0 Å². The summed E-state index contributed by atoms with van der Waals surface area (Å²) in [6.45, 7) is 0. The normalized spacial score (nSPS) is 32.9. The number of hydrogen-bond acceptors (Lipinski definition) is 1. The fraction of sp³-hybridized carbons (Fsp3) is 0.571. The van der Waals surface area contributed by atoms with Crippen LogP contribution in [0.15, 0.2) is 30.3 Å². The number of nitrogens with two attached hydrogens (primary N) is 1. The van der Waals surface area contributed by atoms with E-state index >= 15 is 0 Å². The molecular formula is C14H19N. The van der Waals surface area contributed by atoms with Crippen LogP contribution in [0.2, 0.25) is 0 Å². The largest absolute Gasteiger partial charge is 0.321 e. The first kappa shape index (κ1) is 9.41. The SMILES string of the molecule is NC1(c2ccccc2)CC12CCCCC2. The van der Waals surface area contributed by atoms with Crippen LogP contribution < -0.4 is 5.73 Å². The molecule has 0 saturated heterocycles. The van der Waals surface area contributed by atoms with Crippen molar-refractivity contribution < 1.29 is 0 Å². The zero-order valence-electron chi connectivity index (χ0n) is 9.21. The summed E-state index contributed by atoms with van der Waals surface area (Å²) in [4.78, 5) is 0. The van der Waals surface area contributed by atoms with Crippen LogP contribution in [0.1, 0.15) is 44.1 Å². The van der Waals surface area contributed by atoms with Crippen LogP contribution in [-0.4, -0.2) is 0 Å². The van der Waals surface area contributed by atoms with Crippen molar-refractivity contribution in [1.29, 1.82) is 0 Å². The van der Waals surface area contributed by atoms with Crippen LogP contribution in [0.4, 0.5) is 0 Å². The molecule has 1 spiro atoms. The molecule has 0 radical (unpaired) electrons. The van der Waals surface area contributed by atoms with Crippen LogP contribution in [0.5, 0.6) is 0 Å². The van der Waals surface area contributed by atoms with E-state index in [1.807, 2.05) is 0 Å². The van der Waals surface area contributed by atoms with Gasteiger partial charge in [-0.1, -0.05) is 49.6 Å². The minimum atomic E-state index is 0.00861. The van der Waals surface area contributed by atoms with Crippen LogP contribution in [0.3, 0.4) is 0 Å². The number of rotatable bonds is 1. The molecule has 3 rings (SSSR count). The molecule has 1 aromatic rings. The van der Waals surface area contributed by atoms with Crippen molar-refractivity contribution in [3.8, 4) is 0 Å². The van der Waals surface area contributed by atoms with E-state index in [2.05, 4.69) is 30.3 Å². The van der Waals surface area contributed by atoms with Crippen molar-refractivity contribution in [2.24, 2.45) is 11.1 Å². The Bertz CT molecular complexity index is 351. The van der Waals surface area contributed by atoms with Gasteiger partial charge < -0.3 is 5.73 Å². The third-order valence-electron chi connectivity index (χ3n) is 4.54. The highest BCUT2D eigenvalue weighted by Gasteiger charge is 2.64. The Hall–Kier alpha value is -0.820.